The van der Waals surface area contributed by atoms with Gasteiger partial charge in [-0.25, -0.2) is 0 Å². The first-order chi connectivity index (χ1) is 19.5. The van der Waals surface area contributed by atoms with Crippen LogP contribution in [0.5, 0.6) is 0 Å². The Labute approximate surface area is 233 Å². The minimum absolute atomic E-state index is 0.0332. The number of benzene rings is 3. The van der Waals surface area contributed by atoms with Crippen molar-refractivity contribution in [1.82, 2.24) is 20.9 Å². The monoisotopic (exact) mass is 540 g/mol. The molecular weight excluding hydrogens is 504 g/mol. The Morgan fingerprint density at radius 2 is 1.68 bits per heavy atom. The molecule has 1 saturated heterocycles. The van der Waals surface area contributed by atoms with Crippen molar-refractivity contribution in [2.75, 3.05) is 19.7 Å². The highest BCUT2D eigenvalue weighted by Gasteiger charge is 2.29. The molecule has 1 aliphatic heterocycles. The lowest BCUT2D eigenvalue weighted by molar-refractivity contribution is -0.142. The molecule has 208 valence electrons. The number of para-hydroxylation sites is 1. The van der Waals surface area contributed by atoms with Gasteiger partial charge >= 0.3 is 5.97 Å². The maximum Gasteiger partial charge on any atom is 0.302 e. The standard InChI is InChI=1S/C32H36N4O4/c1-21(37)40-20-27(18-26-19-34-29-9-5-4-8-28(26)29)35-32(39)30(36-31(38)24-12-14-33-15-13-24)17-22-10-11-23-6-2-3-7-25(23)16-22/h2-11,16,19,24,27,30,33-34H,12-15,17-18,20H2,1H3,(H,35,39)(H,36,38)/t27-,30-/m1/s1. The van der Waals surface area contributed by atoms with E-state index in [1.165, 1.54) is 6.92 Å². The molecule has 0 bridgehead atoms. The number of hydrogen-bond donors (Lipinski definition) is 4. The summed E-state index contributed by atoms with van der Waals surface area (Å²) in [6, 6.07) is 20.9. The third-order valence-electron chi connectivity index (χ3n) is 7.57. The number of carbonyl (C=O) groups is 3. The number of hydrogen-bond acceptors (Lipinski definition) is 5. The van der Waals surface area contributed by atoms with Crippen LogP contribution in [0.25, 0.3) is 21.7 Å². The lowest BCUT2D eigenvalue weighted by atomic mass is 9.95. The zero-order valence-corrected chi connectivity index (χ0v) is 22.7. The largest absolute Gasteiger partial charge is 0.464 e. The SMILES string of the molecule is CC(=O)OC[C@@H](Cc1c[nH]c2ccccc12)NC(=O)[C@@H](Cc1ccc2ccccc2c1)NC(=O)C1CCNCC1. The average molecular weight is 541 g/mol. The van der Waals surface area contributed by atoms with Crippen LogP contribution in [0.1, 0.15) is 30.9 Å². The lowest BCUT2D eigenvalue weighted by Crippen LogP contribution is -2.53. The molecule has 8 nitrogen and oxygen atoms in total. The summed E-state index contributed by atoms with van der Waals surface area (Å²) in [5.74, 6) is -0.940. The first-order valence-electron chi connectivity index (χ1n) is 13.9. The number of fused-ring (bicyclic) bond motifs is 2. The number of esters is 1. The molecule has 0 saturated carbocycles. The molecule has 0 radical (unpaired) electrons. The van der Waals surface area contributed by atoms with Gasteiger partial charge in [0.15, 0.2) is 0 Å². The van der Waals surface area contributed by atoms with E-state index in [9.17, 15) is 14.4 Å². The van der Waals surface area contributed by atoms with Gasteiger partial charge in [-0.1, -0.05) is 60.7 Å². The van der Waals surface area contributed by atoms with Crippen LogP contribution >= 0.6 is 0 Å². The molecule has 2 atom stereocenters. The molecule has 40 heavy (non-hydrogen) atoms. The van der Waals surface area contributed by atoms with E-state index in [1.807, 2.05) is 66.9 Å². The Balaban J connectivity index is 1.36. The van der Waals surface area contributed by atoms with Crippen molar-refractivity contribution in [2.24, 2.45) is 5.92 Å². The molecule has 4 aromatic rings. The van der Waals surface area contributed by atoms with Crippen molar-refractivity contribution in [1.29, 1.82) is 0 Å². The number of rotatable bonds is 10. The highest BCUT2D eigenvalue weighted by molar-refractivity contribution is 5.90. The Morgan fingerprint density at radius 1 is 0.925 bits per heavy atom. The smallest absolute Gasteiger partial charge is 0.302 e. The summed E-state index contributed by atoms with van der Waals surface area (Å²) in [5.41, 5.74) is 2.97. The Morgan fingerprint density at radius 3 is 2.48 bits per heavy atom. The summed E-state index contributed by atoms with van der Waals surface area (Å²) >= 11 is 0. The third-order valence-corrected chi connectivity index (χ3v) is 7.57. The molecular formula is C32H36N4O4. The third kappa shape index (κ3) is 6.87. The maximum absolute atomic E-state index is 13.8. The van der Waals surface area contributed by atoms with E-state index in [4.69, 9.17) is 4.74 Å². The van der Waals surface area contributed by atoms with Gasteiger partial charge in [-0.15, -0.1) is 0 Å². The summed E-state index contributed by atoms with van der Waals surface area (Å²) in [4.78, 5) is 41.9. The van der Waals surface area contributed by atoms with E-state index in [0.29, 0.717) is 12.8 Å². The summed E-state index contributed by atoms with van der Waals surface area (Å²) in [6.07, 6.45) is 4.22. The van der Waals surface area contributed by atoms with E-state index in [2.05, 4.69) is 27.0 Å². The van der Waals surface area contributed by atoms with E-state index in [-0.39, 0.29) is 24.3 Å². The fourth-order valence-corrected chi connectivity index (χ4v) is 5.42. The maximum atomic E-state index is 13.8. The molecule has 5 rings (SSSR count). The number of nitrogens with one attached hydrogen (secondary N) is 4. The summed E-state index contributed by atoms with van der Waals surface area (Å²) in [7, 11) is 0. The van der Waals surface area contributed by atoms with E-state index in [1.54, 1.807) is 0 Å². The van der Waals surface area contributed by atoms with Gasteiger partial charge in [-0.2, -0.15) is 0 Å². The first kappa shape index (κ1) is 27.4. The molecule has 0 aliphatic carbocycles. The number of carbonyl (C=O) groups excluding carboxylic acids is 3. The first-order valence-corrected chi connectivity index (χ1v) is 13.9. The van der Waals surface area contributed by atoms with Crippen LogP contribution in [0.15, 0.2) is 72.9 Å². The molecule has 4 N–H and O–H groups in total. The highest BCUT2D eigenvalue weighted by Crippen LogP contribution is 2.20. The van der Waals surface area contributed by atoms with Gasteiger partial charge in [-0.3, -0.25) is 14.4 Å². The van der Waals surface area contributed by atoms with Gasteiger partial charge in [0.2, 0.25) is 11.8 Å². The van der Waals surface area contributed by atoms with Crippen molar-refractivity contribution in [3.8, 4) is 0 Å². The number of ether oxygens (including phenoxy) is 1. The van der Waals surface area contributed by atoms with Crippen LogP contribution in [0, 0.1) is 5.92 Å². The van der Waals surface area contributed by atoms with Crippen molar-refractivity contribution in [2.45, 2.75) is 44.7 Å². The van der Waals surface area contributed by atoms with Crippen LogP contribution in [0.2, 0.25) is 0 Å². The van der Waals surface area contributed by atoms with Gasteiger partial charge in [-0.05, 0) is 60.3 Å². The quantitative estimate of drug-likeness (QED) is 0.230. The second kappa shape index (κ2) is 12.8. The topological polar surface area (TPSA) is 112 Å². The number of piperidine rings is 1. The number of amides is 2. The van der Waals surface area contributed by atoms with Crippen LogP contribution in [-0.2, 0) is 32.0 Å². The minimum atomic E-state index is -0.772. The average Bonchev–Trinajstić information content (AvgIpc) is 3.38. The second-order valence-corrected chi connectivity index (χ2v) is 10.5. The highest BCUT2D eigenvalue weighted by atomic mass is 16.5. The lowest BCUT2D eigenvalue weighted by Gasteiger charge is -2.27. The fourth-order valence-electron chi connectivity index (χ4n) is 5.42. The summed E-state index contributed by atoms with van der Waals surface area (Å²) in [5, 5.41) is 12.7. The number of aromatic nitrogens is 1. The molecule has 1 fully saturated rings. The van der Waals surface area contributed by atoms with Crippen molar-refractivity contribution in [3.05, 3.63) is 84.1 Å². The zero-order chi connectivity index (χ0) is 27.9. The Hall–Kier alpha value is -4.17. The van der Waals surface area contributed by atoms with Crippen LogP contribution < -0.4 is 16.0 Å². The van der Waals surface area contributed by atoms with E-state index < -0.39 is 18.1 Å². The fraction of sp³-hybridized carbons (Fsp3) is 0.344. The molecule has 2 amide bonds. The van der Waals surface area contributed by atoms with Gasteiger partial charge in [0.1, 0.15) is 12.6 Å². The van der Waals surface area contributed by atoms with Gasteiger partial charge in [0.25, 0.3) is 0 Å². The van der Waals surface area contributed by atoms with Crippen LogP contribution in [0.4, 0.5) is 0 Å². The van der Waals surface area contributed by atoms with E-state index in [0.717, 1.165) is 58.7 Å². The molecule has 1 aliphatic rings. The summed E-state index contributed by atoms with van der Waals surface area (Å²) in [6.45, 7) is 2.96. The van der Waals surface area contributed by atoms with Crippen molar-refractivity contribution < 1.29 is 19.1 Å². The zero-order valence-electron chi connectivity index (χ0n) is 22.7. The Kier molecular flexibility index (Phi) is 8.76. The van der Waals surface area contributed by atoms with Gasteiger partial charge < -0.3 is 25.7 Å². The molecule has 3 aromatic carbocycles. The van der Waals surface area contributed by atoms with Crippen LogP contribution in [-0.4, -0.2) is 54.5 Å². The Bertz CT molecular complexity index is 1490. The minimum Gasteiger partial charge on any atom is -0.464 e. The predicted molar refractivity (Wildman–Crippen MR) is 156 cm³/mol. The van der Waals surface area contributed by atoms with Gasteiger partial charge in [0, 0.05) is 36.4 Å². The molecule has 2 heterocycles. The second-order valence-electron chi connectivity index (χ2n) is 10.5. The summed E-state index contributed by atoms with van der Waals surface area (Å²) < 4.78 is 5.33. The van der Waals surface area contributed by atoms with Gasteiger partial charge in [0.05, 0.1) is 6.04 Å². The number of aromatic amines is 1. The van der Waals surface area contributed by atoms with E-state index >= 15 is 0 Å². The van der Waals surface area contributed by atoms with Crippen LogP contribution in [0.3, 0.4) is 0 Å². The molecule has 0 unspecified atom stereocenters. The molecule has 1 aromatic heterocycles. The normalized spacial score (nSPS) is 15.4. The molecule has 8 heteroatoms. The molecule has 0 spiro atoms. The van der Waals surface area contributed by atoms with Crippen molar-refractivity contribution in [3.63, 3.8) is 0 Å². The predicted octanol–water partition coefficient (Wildman–Crippen LogP) is 3.64. The van der Waals surface area contributed by atoms with Crippen molar-refractivity contribution >= 4 is 39.5 Å². The number of H-pyrrole nitrogens is 1.